The second kappa shape index (κ2) is 19.4. The molecule has 1 amide bonds. The van der Waals surface area contributed by atoms with Crippen LogP contribution in [-0.4, -0.2) is 119 Å². The van der Waals surface area contributed by atoms with E-state index in [2.05, 4.69) is 51.4 Å². The number of hydrogen-bond acceptors (Lipinski definition) is 14. The average Bonchev–Trinajstić information content (AvgIpc) is 4.12. The van der Waals surface area contributed by atoms with Gasteiger partial charge in [-0.25, -0.2) is 9.78 Å². The lowest BCUT2D eigenvalue weighted by Gasteiger charge is -2.58. The Labute approximate surface area is 420 Å². The molecular weight excluding hydrogens is 937 g/mol. The van der Waals surface area contributed by atoms with Crippen LogP contribution in [0.2, 0.25) is 0 Å². The molecule has 17 heteroatoms. The standard InChI is InChI=1S/C56H64N4O13/c1-3-44-37-17-18-57-43(37)26-60(44)50-52-31(20-39-46(64)19-29(2)71-53(39)50)21-48(56(72-52)40-14-15-42(59-33-7-5-4-6-8-33)41(56)13-12-35(40)32-22-49(66)58-25-32)73-70-28-55(69,54(68)51(67)47(65)27-61)24-30-9-16-45(63)36-11-10-34(62)23-38(30)36/h9-20,23,26,32-33,35,40-42,47-48,51,54,57,59,61-63,65,67-69H,3-8,21-22,24-25,27-28H2,1-2H3,(H,58,66)/t32-,35+,40-,41-,42-,47-,48-,51-,54+,55+,56+/m1/s1. The SMILES string of the molecule is CCc1c2cc[nH]c2cn1-c1c2c(cc3c(=O)cc(C)oc13)C[C@@H](OOC[C@@](O)(Cc1ccc(O)c3ccc(O)cc13)[C@@H](O)[C@H](O)[C@H](O)CO)[C@]1(O2)[C@@H]2C=C[C@@H](NC3CCCCC3)[C@H]1C=C[C@H]2[C@H]1CNC(=O)C1. The van der Waals surface area contributed by atoms with Gasteiger partial charge in [0.2, 0.25) is 5.91 Å². The van der Waals surface area contributed by atoms with Crippen LogP contribution in [0.4, 0.5) is 0 Å². The van der Waals surface area contributed by atoms with Crippen LogP contribution in [-0.2, 0) is 33.8 Å². The van der Waals surface area contributed by atoms with Crippen LogP contribution in [0.25, 0.3) is 38.3 Å². The fourth-order valence-corrected chi connectivity index (χ4v) is 12.9. The molecule has 3 aliphatic carbocycles. The largest absolute Gasteiger partial charge is 0.508 e. The molecule has 3 aromatic heterocycles. The number of aromatic hydroxyl groups is 2. The topological polar surface area (TPSA) is 261 Å². The molecular formula is C56H64N4O13. The number of nitrogens with zero attached hydrogens (tertiary/aromatic N) is 1. The highest BCUT2D eigenvalue weighted by atomic mass is 17.2. The van der Waals surface area contributed by atoms with Crippen LogP contribution in [0.1, 0.15) is 68.0 Å². The van der Waals surface area contributed by atoms with Crippen molar-refractivity contribution in [3.63, 3.8) is 0 Å². The molecule has 73 heavy (non-hydrogen) atoms. The number of rotatable bonds is 15. The number of fused-ring (bicyclic) bond motifs is 4. The maximum absolute atomic E-state index is 14.1. The summed E-state index contributed by atoms with van der Waals surface area (Å²) in [5, 5.41) is 86.4. The number of aliphatic hydroxyl groups excluding tert-OH is 4. The van der Waals surface area contributed by atoms with E-state index < -0.39 is 67.1 Å². The predicted molar refractivity (Wildman–Crippen MR) is 270 cm³/mol. The van der Waals surface area contributed by atoms with Crippen LogP contribution in [0.15, 0.2) is 94.4 Å². The van der Waals surface area contributed by atoms with Gasteiger partial charge in [-0.2, -0.15) is 0 Å². The lowest BCUT2D eigenvalue weighted by atomic mass is 9.56. The average molecular weight is 1000 g/mol. The number of H-pyrrole nitrogens is 1. The lowest BCUT2D eigenvalue weighted by Crippen LogP contribution is -2.69. The summed E-state index contributed by atoms with van der Waals surface area (Å²) in [6, 6.07) is 12.4. The van der Waals surface area contributed by atoms with Gasteiger partial charge in [-0.1, -0.05) is 56.6 Å². The summed E-state index contributed by atoms with van der Waals surface area (Å²) in [6.45, 7) is 2.53. The minimum atomic E-state index is -2.45. The molecule has 0 unspecified atom stereocenters. The van der Waals surface area contributed by atoms with E-state index >= 15 is 0 Å². The zero-order valence-electron chi connectivity index (χ0n) is 40.9. The van der Waals surface area contributed by atoms with E-state index in [0.717, 1.165) is 42.3 Å². The zero-order chi connectivity index (χ0) is 50.9. The van der Waals surface area contributed by atoms with Crippen LogP contribution in [0, 0.1) is 30.6 Å². The number of aromatic amines is 1. The predicted octanol–water partition coefficient (Wildman–Crippen LogP) is 4.95. The molecule has 6 aromatic rings. The van der Waals surface area contributed by atoms with Gasteiger partial charge in [-0.15, -0.1) is 0 Å². The smallest absolute Gasteiger partial charge is 0.220 e. The van der Waals surface area contributed by atoms with E-state index in [9.17, 15) is 45.3 Å². The van der Waals surface area contributed by atoms with Crippen molar-refractivity contribution in [2.45, 2.75) is 119 Å². The second-order valence-electron chi connectivity index (χ2n) is 21.1. The molecule has 386 valence electrons. The summed E-state index contributed by atoms with van der Waals surface area (Å²) >= 11 is 0. The Morgan fingerprint density at radius 1 is 0.932 bits per heavy atom. The highest BCUT2D eigenvalue weighted by Crippen LogP contribution is 2.57. The number of carbonyl (C=O) groups excluding carboxylic acids is 1. The molecule has 5 heterocycles. The fraction of sp³-hybridized carbons (Fsp3) is 0.464. The van der Waals surface area contributed by atoms with Crippen molar-refractivity contribution in [1.29, 1.82) is 0 Å². The number of allylic oxidation sites excluding steroid dienone is 1. The number of amides is 1. The summed E-state index contributed by atoms with van der Waals surface area (Å²) < 4.78 is 16.5. The molecule has 2 aliphatic heterocycles. The number of benzene rings is 3. The minimum Gasteiger partial charge on any atom is -0.508 e. The number of nitrogens with one attached hydrogen (secondary N) is 3. The van der Waals surface area contributed by atoms with Gasteiger partial charge in [0, 0.05) is 90.2 Å². The number of phenolic OH excluding ortho intramolecular Hbond substituents is 2. The number of aromatic nitrogens is 2. The number of aliphatic hydroxyl groups is 5. The second-order valence-corrected chi connectivity index (χ2v) is 21.1. The molecule has 5 aliphatic rings. The fourth-order valence-electron chi connectivity index (χ4n) is 12.9. The van der Waals surface area contributed by atoms with Crippen molar-refractivity contribution in [1.82, 2.24) is 20.2 Å². The molecule has 1 spiro atoms. The van der Waals surface area contributed by atoms with E-state index in [0.29, 0.717) is 69.5 Å². The normalized spacial score (nSPS) is 27.0. The Morgan fingerprint density at radius 2 is 1.74 bits per heavy atom. The molecule has 0 radical (unpaired) electrons. The van der Waals surface area contributed by atoms with Gasteiger partial charge in [0.05, 0.1) is 17.5 Å². The first kappa shape index (κ1) is 49.2. The summed E-state index contributed by atoms with van der Waals surface area (Å²) in [7, 11) is 0. The lowest BCUT2D eigenvalue weighted by molar-refractivity contribution is -0.380. The van der Waals surface area contributed by atoms with Crippen LogP contribution in [0.3, 0.4) is 0 Å². The first-order valence-electron chi connectivity index (χ1n) is 25.7. The van der Waals surface area contributed by atoms with Crippen molar-refractivity contribution in [2.75, 3.05) is 19.8 Å². The highest BCUT2D eigenvalue weighted by molar-refractivity contribution is 5.93. The van der Waals surface area contributed by atoms with Gasteiger partial charge < -0.3 is 65.1 Å². The Hall–Kier alpha value is -6.02. The third kappa shape index (κ3) is 8.53. The van der Waals surface area contributed by atoms with Crippen molar-refractivity contribution in [2.24, 2.45) is 23.7 Å². The summed E-state index contributed by atoms with van der Waals surface area (Å²) in [4.78, 5) is 43.4. The quantitative estimate of drug-likeness (QED) is 0.0371. The van der Waals surface area contributed by atoms with Crippen molar-refractivity contribution < 1.29 is 59.5 Å². The first-order chi connectivity index (χ1) is 35.2. The molecule has 11 rings (SSSR count). The monoisotopic (exact) mass is 1000 g/mol. The van der Waals surface area contributed by atoms with Gasteiger partial charge in [0.15, 0.2) is 22.4 Å². The maximum atomic E-state index is 14.1. The third-order valence-electron chi connectivity index (χ3n) is 16.6. The maximum Gasteiger partial charge on any atom is 0.220 e. The Kier molecular flexibility index (Phi) is 13.0. The number of phenols is 2. The van der Waals surface area contributed by atoms with Gasteiger partial charge >= 0.3 is 0 Å². The van der Waals surface area contributed by atoms with E-state index in [1.165, 1.54) is 42.8 Å². The van der Waals surface area contributed by atoms with E-state index in [-0.39, 0.29) is 53.2 Å². The summed E-state index contributed by atoms with van der Waals surface area (Å²) in [6.07, 6.45) is 11.5. The van der Waals surface area contributed by atoms with Crippen molar-refractivity contribution >= 4 is 38.6 Å². The molecule has 1 saturated heterocycles. The molecule has 10 N–H and O–H groups in total. The van der Waals surface area contributed by atoms with Crippen molar-refractivity contribution in [3.8, 4) is 22.9 Å². The van der Waals surface area contributed by atoms with E-state index in [4.69, 9.17) is 18.9 Å². The molecule has 2 bridgehead atoms. The number of ether oxygens (including phenoxy) is 1. The zero-order valence-corrected chi connectivity index (χ0v) is 40.9. The Bertz CT molecular complexity index is 3190. The summed E-state index contributed by atoms with van der Waals surface area (Å²) in [5.74, 6) is -0.568. The van der Waals surface area contributed by atoms with Crippen LogP contribution < -0.4 is 20.8 Å². The minimum absolute atomic E-state index is 0.0465. The third-order valence-corrected chi connectivity index (χ3v) is 16.6. The number of aryl methyl sites for hydroxylation is 2. The Morgan fingerprint density at radius 3 is 2.51 bits per heavy atom. The Balaban J connectivity index is 1.07. The molecule has 2 fully saturated rings. The molecule has 11 atom stereocenters. The van der Waals surface area contributed by atoms with E-state index in [1.807, 2.05) is 18.5 Å². The van der Waals surface area contributed by atoms with Gasteiger partial charge in [-0.05, 0) is 85.4 Å². The highest BCUT2D eigenvalue weighted by Gasteiger charge is 2.64. The first-order valence-corrected chi connectivity index (χ1v) is 25.7. The van der Waals surface area contributed by atoms with Crippen molar-refractivity contribution in [3.05, 3.63) is 118 Å². The molecule has 17 nitrogen and oxygen atoms in total. The van der Waals surface area contributed by atoms with Crippen LogP contribution >= 0.6 is 0 Å². The summed E-state index contributed by atoms with van der Waals surface area (Å²) in [5.41, 5.74) is -0.311. The van der Waals surface area contributed by atoms with Gasteiger partial charge in [-0.3, -0.25) is 9.59 Å². The molecule has 1 saturated carbocycles. The number of hydrogen-bond donors (Lipinski definition) is 10. The van der Waals surface area contributed by atoms with Gasteiger partial charge in [0.1, 0.15) is 59.6 Å². The van der Waals surface area contributed by atoms with Gasteiger partial charge in [0.25, 0.3) is 0 Å². The molecule has 3 aromatic carbocycles. The van der Waals surface area contributed by atoms with Crippen LogP contribution in [0.5, 0.6) is 17.2 Å². The van der Waals surface area contributed by atoms with E-state index in [1.54, 1.807) is 13.0 Å². The number of carbonyl (C=O) groups is 1.